The number of hydrogen-bond donors (Lipinski definition) is 2. The van der Waals surface area contributed by atoms with E-state index in [1.54, 1.807) is 7.05 Å². The molecule has 20 heavy (non-hydrogen) atoms. The highest BCUT2D eigenvalue weighted by Crippen LogP contribution is 2.19. The van der Waals surface area contributed by atoms with Gasteiger partial charge in [-0.1, -0.05) is 0 Å². The molecule has 1 aliphatic rings. The maximum absolute atomic E-state index is 12.5. The zero-order valence-corrected chi connectivity index (χ0v) is 11.9. The van der Waals surface area contributed by atoms with Gasteiger partial charge in [0.2, 0.25) is 15.9 Å². The molecule has 0 saturated carbocycles. The van der Waals surface area contributed by atoms with Crippen LogP contribution >= 0.6 is 0 Å². The molecule has 0 unspecified atom stereocenters. The fraction of sp³-hybridized carbons (Fsp3) is 0.455. The molecule has 0 atom stereocenters. The number of nitrogens with two attached hydrogens (primary N) is 1. The summed E-state index contributed by atoms with van der Waals surface area (Å²) in [6.07, 6.45) is 1.96. The Labute approximate surface area is 117 Å². The fourth-order valence-corrected chi connectivity index (χ4v) is 3.41. The van der Waals surface area contributed by atoms with Crippen molar-refractivity contribution in [2.24, 2.45) is 5.84 Å². The van der Waals surface area contributed by atoms with Crippen LogP contribution in [0, 0.1) is 0 Å². The molecule has 8 nitrogen and oxygen atoms in total. The number of carbonyl (C=O) groups is 1. The molecule has 1 aromatic rings. The molecule has 3 N–H and O–H groups in total. The lowest BCUT2D eigenvalue weighted by atomic mass is 10.4. The number of nitrogens with zero attached hydrogens (tertiary/aromatic N) is 3. The van der Waals surface area contributed by atoms with Crippen LogP contribution in [0.1, 0.15) is 6.42 Å². The first-order valence-corrected chi connectivity index (χ1v) is 7.56. The maximum Gasteiger partial charge on any atom is 0.243 e. The van der Waals surface area contributed by atoms with Gasteiger partial charge in [-0.15, -0.1) is 0 Å². The molecule has 1 aromatic heterocycles. The van der Waals surface area contributed by atoms with Crippen LogP contribution in [0.15, 0.2) is 23.2 Å². The molecule has 9 heteroatoms. The van der Waals surface area contributed by atoms with Crippen LogP contribution in [0.3, 0.4) is 0 Å². The molecule has 1 amide bonds. The van der Waals surface area contributed by atoms with Gasteiger partial charge in [0.05, 0.1) is 11.4 Å². The average Bonchev–Trinajstić information content (AvgIpc) is 2.61. The van der Waals surface area contributed by atoms with Gasteiger partial charge in [-0.05, 0) is 12.5 Å². The molecule has 0 bridgehead atoms. The monoisotopic (exact) mass is 299 g/mol. The minimum atomic E-state index is -3.72. The molecule has 110 valence electrons. The number of anilines is 1. The third kappa shape index (κ3) is 2.89. The number of hydrogen-bond acceptors (Lipinski definition) is 6. The number of aromatic nitrogens is 1. The van der Waals surface area contributed by atoms with E-state index in [0.717, 1.165) is 0 Å². The van der Waals surface area contributed by atoms with Crippen molar-refractivity contribution in [3.8, 4) is 0 Å². The second-order valence-corrected chi connectivity index (χ2v) is 6.47. The van der Waals surface area contributed by atoms with Crippen LogP contribution in [0.2, 0.25) is 0 Å². The van der Waals surface area contributed by atoms with Gasteiger partial charge in [-0.3, -0.25) is 4.79 Å². The fourth-order valence-electron chi connectivity index (χ4n) is 1.96. The van der Waals surface area contributed by atoms with E-state index in [0.29, 0.717) is 19.5 Å². The van der Waals surface area contributed by atoms with Crippen LogP contribution in [-0.2, 0) is 14.8 Å². The normalized spacial score (nSPS) is 17.9. The van der Waals surface area contributed by atoms with E-state index in [4.69, 9.17) is 5.84 Å². The lowest BCUT2D eigenvalue weighted by molar-refractivity contribution is -0.129. The quantitative estimate of drug-likeness (QED) is 0.560. The summed E-state index contributed by atoms with van der Waals surface area (Å²) in [7, 11) is -2.06. The van der Waals surface area contributed by atoms with Gasteiger partial charge >= 0.3 is 0 Å². The van der Waals surface area contributed by atoms with Crippen LogP contribution in [0.5, 0.6) is 0 Å². The summed E-state index contributed by atoms with van der Waals surface area (Å²) < 4.78 is 26.2. The number of hydrazine groups is 1. The first kappa shape index (κ1) is 14.7. The highest BCUT2D eigenvalue weighted by molar-refractivity contribution is 7.89. The topological polar surface area (TPSA) is 109 Å². The Bertz CT molecular complexity index is 604. The predicted octanol–water partition coefficient (Wildman–Crippen LogP) is -0.780. The summed E-state index contributed by atoms with van der Waals surface area (Å²) >= 11 is 0. The van der Waals surface area contributed by atoms with E-state index in [-0.39, 0.29) is 23.2 Å². The van der Waals surface area contributed by atoms with Gasteiger partial charge < -0.3 is 10.3 Å². The van der Waals surface area contributed by atoms with Crippen molar-refractivity contribution < 1.29 is 13.2 Å². The van der Waals surface area contributed by atoms with Crippen LogP contribution in [-0.4, -0.2) is 55.2 Å². The summed E-state index contributed by atoms with van der Waals surface area (Å²) in [4.78, 5) is 17.3. The number of carbonyl (C=O) groups excluding carboxylic acids is 1. The minimum Gasteiger partial charge on any atom is -0.345 e. The van der Waals surface area contributed by atoms with Gasteiger partial charge in [0.1, 0.15) is 5.82 Å². The van der Waals surface area contributed by atoms with Crippen LogP contribution < -0.4 is 11.3 Å². The third-order valence-corrected chi connectivity index (χ3v) is 5.00. The van der Waals surface area contributed by atoms with Crippen LogP contribution in [0.25, 0.3) is 0 Å². The highest BCUT2D eigenvalue weighted by Gasteiger charge is 2.29. The lowest BCUT2D eigenvalue weighted by Crippen LogP contribution is -2.38. The van der Waals surface area contributed by atoms with Gasteiger partial charge in [-0.2, -0.15) is 4.31 Å². The lowest BCUT2D eigenvalue weighted by Gasteiger charge is -2.19. The van der Waals surface area contributed by atoms with Crippen LogP contribution in [0.4, 0.5) is 5.82 Å². The third-order valence-electron chi connectivity index (χ3n) is 3.16. The number of amides is 1. The Balaban J connectivity index is 2.31. The van der Waals surface area contributed by atoms with Crippen molar-refractivity contribution in [1.29, 1.82) is 0 Å². The van der Waals surface area contributed by atoms with E-state index in [1.165, 1.54) is 27.5 Å². The molecule has 2 heterocycles. The molecule has 1 aliphatic heterocycles. The van der Waals surface area contributed by atoms with Gasteiger partial charge in [0, 0.05) is 32.4 Å². The second-order valence-electron chi connectivity index (χ2n) is 4.53. The molecule has 0 aliphatic carbocycles. The first-order chi connectivity index (χ1) is 9.45. The van der Waals surface area contributed by atoms with E-state index >= 15 is 0 Å². The Morgan fingerprint density at radius 2 is 2.15 bits per heavy atom. The molecule has 1 fully saturated rings. The molecule has 2 rings (SSSR count). The maximum atomic E-state index is 12.5. The van der Waals surface area contributed by atoms with Crippen molar-refractivity contribution in [2.75, 3.05) is 32.1 Å². The first-order valence-electron chi connectivity index (χ1n) is 6.12. The summed E-state index contributed by atoms with van der Waals surface area (Å²) in [5, 5.41) is 0. The highest BCUT2D eigenvalue weighted by atomic mass is 32.2. The standard InChI is InChI=1S/C11H17N5O3S/c1-15-5-2-6-16(8-11(15)17)20(18,19)9-3-4-13-10(7-9)14-12/h3-4,7H,2,5-6,8,12H2,1H3,(H,13,14). The van der Waals surface area contributed by atoms with Crippen molar-refractivity contribution in [3.63, 3.8) is 0 Å². The molecule has 0 spiro atoms. The summed E-state index contributed by atoms with van der Waals surface area (Å²) in [6, 6.07) is 2.73. The Kier molecular flexibility index (Phi) is 4.21. The minimum absolute atomic E-state index is 0.0674. The zero-order valence-electron chi connectivity index (χ0n) is 11.1. The van der Waals surface area contributed by atoms with Crippen molar-refractivity contribution in [2.45, 2.75) is 11.3 Å². The van der Waals surface area contributed by atoms with E-state index < -0.39 is 10.0 Å². The van der Waals surface area contributed by atoms with E-state index in [1.807, 2.05) is 0 Å². The Morgan fingerprint density at radius 3 is 2.85 bits per heavy atom. The van der Waals surface area contributed by atoms with Crippen molar-refractivity contribution in [1.82, 2.24) is 14.2 Å². The van der Waals surface area contributed by atoms with E-state index in [2.05, 4.69) is 10.4 Å². The van der Waals surface area contributed by atoms with Crippen molar-refractivity contribution in [3.05, 3.63) is 18.3 Å². The Morgan fingerprint density at radius 1 is 1.40 bits per heavy atom. The molecular formula is C11H17N5O3S. The number of sulfonamides is 1. The zero-order chi connectivity index (χ0) is 14.8. The number of nitrogens with one attached hydrogen (secondary N) is 1. The number of pyridine rings is 1. The Hall–Kier alpha value is -1.71. The summed E-state index contributed by atoms with van der Waals surface area (Å²) in [5.41, 5.74) is 2.30. The largest absolute Gasteiger partial charge is 0.345 e. The summed E-state index contributed by atoms with van der Waals surface area (Å²) in [6.45, 7) is 0.718. The smallest absolute Gasteiger partial charge is 0.243 e. The second kappa shape index (κ2) is 5.73. The molecule has 0 aromatic carbocycles. The number of likely N-dealkylation sites (N-methyl/N-ethyl adjacent to an activating group) is 1. The van der Waals surface area contributed by atoms with Crippen molar-refractivity contribution >= 4 is 21.7 Å². The number of rotatable bonds is 3. The van der Waals surface area contributed by atoms with Gasteiger partial charge in [0.25, 0.3) is 0 Å². The predicted molar refractivity (Wildman–Crippen MR) is 73.1 cm³/mol. The molecule has 1 saturated heterocycles. The molecule has 0 radical (unpaired) electrons. The van der Waals surface area contributed by atoms with Gasteiger partial charge in [-0.25, -0.2) is 19.2 Å². The number of nitrogen functional groups attached to an aromatic ring is 1. The van der Waals surface area contributed by atoms with E-state index in [9.17, 15) is 13.2 Å². The average molecular weight is 299 g/mol. The molecular weight excluding hydrogens is 282 g/mol. The SMILES string of the molecule is CN1CCCN(S(=O)(=O)c2ccnc(NN)c2)CC1=O. The summed E-state index contributed by atoms with van der Waals surface area (Å²) in [5.74, 6) is 5.27. The van der Waals surface area contributed by atoms with Gasteiger partial charge in [0.15, 0.2) is 0 Å².